The van der Waals surface area contributed by atoms with E-state index < -0.39 is 5.97 Å². The molecule has 0 spiro atoms. The summed E-state index contributed by atoms with van der Waals surface area (Å²) in [7, 11) is 3.11. The molecule has 0 bridgehead atoms. The molecule has 0 N–H and O–H groups in total. The van der Waals surface area contributed by atoms with Crippen LogP contribution in [0.5, 0.6) is 11.5 Å². The highest BCUT2D eigenvalue weighted by Crippen LogP contribution is 2.33. The lowest BCUT2D eigenvalue weighted by atomic mass is 10.2. The number of esters is 1. The summed E-state index contributed by atoms with van der Waals surface area (Å²) in [6.07, 6.45) is 1.48. The number of nitrogens with zero attached hydrogens (tertiary/aromatic N) is 3. The molecule has 0 fully saturated rings. The van der Waals surface area contributed by atoms with E-state index in [9.17, 15) is 9.59 Å². The molecule has 3 heterocycles. The molecule has 0 unspecified atom stereocenters. The molecule has 1 aromatic carbocycles. The molecule has 10 heteroatoms. The molecule has 158 valence electrons. The van der Waals surface area contributed by atoms with Crippen molar-refractivity contribution >= 4 is 34.6 Å². The van der Waals surface area contributed by atoms with Gasteiger partial charge in [0.1, 0.15) is 17.3 Å². The van der Waals surface area contributed by atoms with E-state index in [1.54, 1.807) is 43.9 Å². The number of rotatable bonds is 6. The van der Waals surface area contributed by atoms with Gasteiger partial charge in [-0.15, -0.1) is 11.3 Å². The van der Waals surface area contributed by atoms with E-state index in [1.165, 1.54) is 28.0 Å². The van der Waals surface area contributed by atoms with Gasteiger partial charge in [0.25, 0.3) is 5.56 Å². The van der Waals surface area contributed by atoms with Gasteiger partial charge in [0, 0.05) is 23.2 Å². The molecule has 0 amide bonds. The van der Waals surface area contributed by atoms with Crippen molar-refractivity contribution in [1.29, 1.82) is 0 Å². The largest absolute Gasteiger partial charge is 0.493 e. The number of hydrogen-bond donors (Lipinski definition) is 0. The molecule has 31 heavy (non-hydrogen) atoms. The fourth-order valence-electron chi connectivity index (χ4n) is 2.88. The van der Waals surface area contributed by atoms with Crippen LogP contribution >= 0.6 is 22.9 Å². The van der Waals surface area contributed by atoms with Gasteiger partial charge in [0.05, 0.1) is 24.9 Å². The molecule has 0 aliphatic heterocycles. The molecule has 0 saturated heterocycles. The Balaban J connectivity index is 1.49. The Labute approximate surface area is 185 Å². The van der Waals surface area contributed by atoms with Crippen LogP contribution in [0.4, 0.5) is 0 Å². The van der Waals surface area contributed by atoms with Crippen molar-refractivity contribution in [3.63, 3.8) is 0 Å². The molecular weight excluding hydrogens is 442 g/mol. The standard InChI is InChI=1S/C21H16ClN3O5S/c1-28-16-5-3-12(7-17(16)29-2)20-24-15(11-31-20)21(27)30-10-14-8-19(26)25-9-13(22)4-6-18(25)23-14/h3-9,11H,10H2,1-2H3. The third kappa shape index (κ3) is 4.37. The first-order chi connectivity index (χ1) is 15.0. The summed E-state index contributed by atoms with van der Waals surface area (Å²) in [5, 5.41) is 2.66. The minimum absolute atomic E-state index is 0.156. The van der Waals surface area contributed by atoms with Gasteiger partial charge in [-0.2, -0.15) is 0 Å². The monoisotopic (exact) mass is 457 g/mol. The van der Waals surface area contributed by atoms with Crippen LogP contribution in [0.2, 0.25) is 5.02 Å². The van der Waals surface area contributed by atoms with E-state index in [0.717, 1.165) is 5.56 Å². The molecule has 0 saturated carbocycles. The van der Waals surface area contributed by atoms with Gasteiger partial charge in [-0.3, -0.25) is 9.20 Å². The van der Waals surface area contributed by atoms with Gasteiger partial charge >= 0.3 is 5.97 Å². The van der Waals surface area contributed by atoms with Crippen molar-refractivity contribution in [1.82, 2.24) is 14.4 Å². The number of methoxy groups -OCH3 is 2. The minimum Gasteiger partial charge on any atom is -0.493 e. The third-order valence-electron chi connectivity index (χ3n) is 4.37. The first kappa shape index (κ1) is 20.8. The second-order valence-electron chi connectivity index (χ2n) is 6.35. The Morgan fingerprint density at radius 2 is 1.90 bits per heavy atom. The lowest BCUT2D eigenvalue weighted by Crippen LogP contribution is -2.16. The smallest absolute Gasteiger partial charge is 0.358 e. The van der Waals surface area contributed by atoms with E-state index in [0.29, 0.717) is 32.9 Å². The number of fused-ring (bicyclic) bond motifs is 1. The normalized spacial score (nSPS) is 10.8. The first-order valence-corrected chi connectivity index (χ1v) is 10.3. The third-order valence-corrected chi connectivity index (χ3v) is 5.49. The average Bonchev–Trinajstić information content (AvgIpc) is 3.28. The zero-order valence-electron chi connectivity index (χ0n) is 16.5. The molecule has 3 aromatic heterocycles. The van der Waals surface area contributed by atoms with Gasteiger partial charge in [0.2, 0.25) is 0 Å². The quantitative estimate of drug-likeness (QED) is 0.406. The van der Waals surface area contributed by atoms with Gasteiger partial charge < -0.3 is 14.2 Å². The van der Waals surface area contributed by atoms with Crippen molar-refractivity contribution in [3.8, 4) is 22.1 Å². The highest BCUT2D eigenvalue weighted by molar-refractivity contribution is 7.13. The van der Waals surface area contributed by atoms with Crippen molar-refractivity contribution in [2.24, 2.45) is 0 Å². The predicted octanol–water partition coefficient (Wildman–Crippen LogP) is 3.85. The Hall–Kier alpha value is -3.43. The van der Waals surface area contributed by atoms with Crippen LogP contribution in [0, 0.1) is 0 Å². The van der Waals surface area contributed by atoms with E-state index >= 15 is 0 Å². The van der Waals surface area contributed by atoms with E-state index in [1.807, 2.05) is 6.07 Å². The molecule has 8 nitrogen and oxygen atoms in total. The molecular formula is C21H16ClN3O5S. The van der Waals surface area contributed by atoms with Crippen molar-refractivity contribution in [3.05, 3.63) is 74.7 Å². The van der Waals surface area contributed by atoms with E-state index in [4.69, 9.17) is 25.8 Å². The number of ether oxygens (including phenoxy) is 3. The Bertz CT molecular complexity index is 1330. The van der Waals surface area contributed by atoms with E-state index in [-0.39, 0.29) is 17.9 Å². The number of benzene rings is 1. The predicted molar refractivity (Wildman–Crippen MR) is 116 cm³/mol. The molecule has 0 radical (unpaired) electrons. The Morgan fingerprint density at radius 1 is 1.10 bits per heavy atom. The highest BCUT2D eigenvalue weighted by atomic mass is 35.5. The lowest BCUT2D eigenvalue weighted by Gasteiger charge is -2.08. The second-order valence-corrected chi connectivity index (χ2v) is 7.64. The topological polar surface area (TPSA) is 92.0 Å². The second kappa shape index (κ2) is 8.75. The highest BCUT2D eigenvalue weighted by Gasteiger charge is 2.16. The molecule has 4 aromatic rings. The maximum Gasteiger partial charge on any atom is 0.358 e. The first-order valence-electron chi connectivity index (χ1n) is 9.01. The zero-order valence-corrected chi connectivity index (χ0v) is 18.1. The number of hydrogen-bond acceptors (Lipinski definition) is 8. The van der Waals surface area contributed by atoms with Crippen molar-refractivity contribution < 1.29 is 19.0 Å². The molecule has 0 aliphatic rings. The number of thiazole rings is 1. The molecule has 4 rings (SSSR count). The van der Waals surface area contributed by atoms with Crippen LogP contribution in [0.15, 0.2) is 52.8 Å². The number of carbonyl (C=O) groups is 1. The average molecular weight is 458 g/mol. The van der Waals surface area contributed by atoms with Crippen LogP contribution in [-0.4, -0.2) is 34.6 Å². The molecule has 0 atom stereocenters. The fourth-order valence-corrected chi connectivity index (χ4v) is 3.83. The lowest BCUT2D eigenvalue weighted by molar-refractivity contribution is 0.0462. The van der Waals surface area contributed by atoms with Crippen LogP contribution in [0.25, 0.3) is 16.2 Å². The summed E-state index contributed by atoms with van der Waals surface area (Å²) in [6.45, 7) is -0.156. The van der Waals surface area contributed by atoms with Crippen LogP contribution in [-0.2, 0) is 11.3 Å². The van der Waals surface area contributed by atoms with Crippen LogP contribution < -0.4 is 15.0 Å². The van der Waals surface area contributed by atoms with Crippen molar-refractivity contribution in [2.45, 2.75) is 6.61 Å². The Morgan fingerprint density at radius 3 is 2.68 bits per heavy atom. The number of pyridine rings is 1. The fraction of sp³-hybridized carbons (Fsp3) is 0.143. The number of carbonyl (C=O) groups excluding carboxylic acids is 1. The maximum atomic E-state index is 12.4. The minimum atomic E-state index is -0.610. The van der Waals surface area contributed by atoms with E-state index in [2.05, 4.69) is 9.97 Å². The maximum absolute atomic E-state index is 12.4. The van der Waals surface area contributed by atoms with Gasteiger partial charge in [0.15, 0.2) is 17.2 Å². The summed E-state index contributed by atoms with van der Waals surface area (Å²) in [5.41, 5.74) is 1.37. The zero-order chi connectivity index (χ0) is 22.0. The summed E-state index contributed by atoms with van der Waals surface area (Å²) < 4.78 is 17.2. The summed E-state index contributed by atoms with van der Waals surface area (Å²) in [5.74, 6) is 0.555. The summed E-state index contributed by atoms with van der Waals surface area (Å²) >= 11 is 7.20. The summed E-state index contributed by atoms with van der Waals surface area (Å²) in [6, 6.07) is 9.92. The van der Waals surface area contributed by atoms with Gasteiger partial charge in [-0.05, 0) is 30.3 Å². The van der Waals surface area contributed by atoms with Crippen LogP contribution in [0.3, 0.4) is 0 Å². The van der Waals surface area contributed by atoms with Crippen LogP contribution in [0.1, 0.15) is 16.2 Å². The SMILES string of the molecule is COc1ccc(-c2nc(C(=O)OCc3cc(=O)n4cc(Cl)ccc4n3)cs2)cc1OC. The van der Waals surface area contributed by atoms with Gasteiger partial charge in [-0.25, -0.2) is 14.8 Å². The molecule has 0 aliphatic carbocycles. The Kier molecular flexibility index (Phi) is 5.88. The number of aromatic nitrogens is 3. The van der Waals surface area contributed by atoms with Gasteiger partial charge in [-0.1, -0.05) is 11.6 Å². The van der Waals surface area contributed by atoms with Crippen molar-refractivity contribution in [2.75, 3.05) is 14.2 Å². The summed E-state index contributed by atoms with van der Waals surface area (Å²) in [4.78, 5) is 33.3. The number of halogens is 1.